The van der Waals surface area contributed by atoms with Crippen LogP contribution >= 0.6 is 0 Å². The first kappa shape index (κ1) is 22.0. The SMILES string of the molecule is CCCCCCCCCCCCCCCC=CC(O)Cc1ncc[nH]1. The molecular weight excluding hydrogens is 308 g/mol. The molecule has 0 fully saturated rings. The summed E-state index contributed by atoms with van der Waals surface area (Å²) in [5, 5.41) is 9.88. The van der Waals surface area contributed by atoms with Gasteiger partial charge in [-0.1, -0.05) is 96.1 Å². The first-order chi connectivity index (χ1) is 12.3. The van der Waals surface area contributed by atoms with Gasteiger partial charge in [-0.25, -0.2) is 4.98 Å². The van der Waals surface area contributed by atoms with Crippen molar-refractivity contribution in [1.29, 1.82) is 0 Å². The van der Waals surface area contributed by atoms with Crippen molar-refractivity contribution in [2.24, 2.45) is 0 Å². The van der Waals surface area contributed by atoms with Crippen LogP contribution in [0.2, 0.25) is 0 Å². The monoisotopic (exact) mass is 348 g/mol. The van der Waals surface area contributed by atoms with Crippen LogP contribution in [0.25, 0.3) is 0 Å². The number of H-pyrrole nitrogens is 1. The minimum atomic E-state index is -0.423. The lowest BCUT2D eigenvalue weighted by atomic mass is 10.0. The van der Waals surface area contributed by atoms with E-state index in [1.165, 1.54) is 83.5 Å². The predicted octanol–water partition coefficient (Wildman–Crippen LogP) is 6.35. The number of unbranched alkanes of at least 4 members (excludes halogenated alkanes) is 13. The third-order valence-corrected chi connectivity index (χ3v) is 4.79. The second kappa shape index (κ2) is 16.4. The average Bonchev–Trinajstić information content (AvgIpc) is 3.11. The van der Waals surface area contributed by atoms with Gasteiger partial charge < -0.3 is 10.1 Å². The minimum absolute atomic E-state index is 0.423. The van der Waals surface area contributed by atoms with Crippen molar-refractivity contribution in [3.63, 3.8) is 0 Å². The Kier molecular flexibility index (Phi) is 14.4. The van der Waals surface area contributed by atoms with Crippen molar-refractivity contribution in [3.05, 3.63) is 30.4 Å². The van der Waals surface area contributed by atoms with Gasteiger partial charge >= 0.3 is 0 Å². The number of aromatic nitrogens is 2. The van der Waals surface area contributed by atoms with Crippen LogP contribution in [0.3, 0.4) is 0 Å². The summed E-state index contributed by atoms with van der Waals surface area (Å²) in [5.74, 6) is 0.845. The highest BCUT2D eigenvalue weighted by molar-refractivity contribution is 4.96. The van der Waals surface area contributed by atoms with E-state index in [1.807, 2.05) is 6.08 Å². The standard InChI is InChI=1S/C22H40N2O/c1-2-3-4-5-6-7-8-9-10-11-12-13-14-15-16-17-21(25)20-22-23-18-19-24-22/h16-19,21,25H,2-15,20H2,1H3,(H,23,24). The smallest absolute Gasteiger partial charge is 0.108 e. The van der Waals surface area contributed by atoms with Crippen molar-refractivity contribution in [2.45, 2.75) is 109 Å². The summed E-state index contributed by atoms with van der Waals surface area (Å²) in [5.41, 5.74) is 0. The lowest BCUT2D eigenvalue weighted by Gasteiger charge is -2.03. The number of hydrogen-bond acceptors (Lipinski definition) is 2. The van der Waals surface area contributed by atoms with Gasteiger partial charge in [-0.2, -0.15) is 0 Å². The van der Waals surface area contributed by atoms with Gasteiger partial charge in [-0.15, -0.1) is 0 Å². The Balaban J connectivity index is 1.79. The molecule has 0 aromatic carbocycles. The lowest BCUT2D eigenvalue weighted by Crippen LogP contribution is -2.07. The van der Waals surface area contributed by atoms with Crippen LogP contribution in [0.15, 0.2) is 24.5 Å². The normalized spacial score (nSPS) is 12.9. The Morgan fingerprint density at radius 3 is 2.00 bits per heavy atom. The summed E-state index contributed by atoms with van der Waals surface area (Å²) in [4.78, 5) is 7.15. The van der Waals surface area contributed by atoms with Gasteiger partial charge in [0.2, 0.25) is 0 Å². The highest BCUT2D eigenvalue weighted by Crippen LogP contribution is 2.13. The van der Waals surface area contributed by atoms with E-state index in [-0.39, 0.29) is 0 Å². The fourth-order valence-corrected chi connectivity index (χ4v) is 3.21. The number of rotatable bonds is 17. The molecule has 0 radical (unpaired) electrons. The highest BCUT2D eigenvalue weighted by Gasteiger charge is 2.02. The molecule has 2 N–H and O–H groups in total. The van der Waals surface area contributed by atoms with Crippen LogP contribution in [-0.4, -0.2) is 21.2 Å². The Hall–Kier alpha value is -1.09. The van der Waals surface area contributed by atoms with Crippen molar-refractivity contribution in [2.75, 3.05) is 0 Å². The Bertz CT molecular complexity index is 400. The molecule has 144 valence electrons. The van der Waals surface area contributed by atoms with Crippen LogP contribution in [0.4, 0.5) is 0 Å². The number of allylic oxidation sites excluding steroid dienone is 1. The zero-order chi connectivity index (χ0) is 18.0. The van der Waals surface area contributed by atoms with E-state index >= 15 is 0 Å². The van der Waals surface area contributed by atoms with E-state index in [9.17, 15) is 5.11 Å². The molecular formula is C22H40N2O. The van der Waals surface area contributed by atoms with E-state index in [0.29, 0.717) is 6.42 Å². The summed E-state index contributed by atoms with van der Waals surface area (Å²) in [6.45, 7) is 2.28. The van der Waals surface area contributed by atoms with Gasteiger partial charge in [0.1, 0.15) is 5.82 Å². The maximum Gasteiger partial charge on any atom is 0.108 e. The third kappa shape index (κ3) is 13.8. The molecule has 0 aliphatic rings. The first-order valence-corrected chi connectivity index (χ1v) is 10.7. The maximum absolute atomic E-state index is 9.88. The minimum Gasteiger partial charge on any atom is -0.389 e. The van der Waals surface area contributed by atoms with Crippen LogP contribution in [-0.2, 0) is 6.42 Å². The van der Waals surface area contributed by atoms with Gasteiger partial charge in [0.05, 0.1) is 6.10 Å². The number of nitrogens with one attached hydrogen (secondary N) is 1. The molecule has 3 nitrogen and oxygen atoms in total. The molecule has 1 rings (SSSR count). The van der Waals surface area contributed by atoms with Crippen LogP contribution < -0.4 is 0 Å². The molecule has 0 amide bonds. The zero-order valence-electron chi connectivity index (χ0n) is 16.4. The van der Waals surface area contributed by atoms with E-state index in [4.69, 9.17) is 0 Å². The van der Waals surface area contributed by atoms with Crippen molar-refractivity contribution >= 4 is 0 Å². The van der Waals surface area contributed by atoms with Gasteiger partial charge in [0, 0.05) is 18.8 Å². The molecule has 1 heterocycles. The molecule has 1 aromatic rings. The van der Waals surface area contributed by atoms with Gasteiger partial charge in [0.15, 0.2) is 0 Å². The fourth-order valence-electron chi connectivity index (χ4n) is 3.21. The van der Waals surface area contributed by atoms with Gasteiger partial charge in [-0.3, -0.25) is 0 Å². The molecule has 1 unspecified atom stereocenters. The van der Waals surface area contributed by atoms with Gasteiger partial charge in [-0.05, 0) is 12.8 Å². The Morgan fingerprint density at radius 2 is 1.48 bits per heavy atom. The molecule has 1 atom stereocenters. The number of hydrogen-bond donors (Lipinski definition) is 2. The molecule has 0 bridgehead atoms. The van der Waals surface area contributed by atoms with E-state index < -0.39 is 6.10 Å². The number of nitrogens with zero attached hydrogens (tertiary/aromatic N) is 1. The van der Waals surface area contributed by atoms with Crippen LogP contribution in [0, 0.1) is 0 Å². The van der Waals surface area contributed by atoms with Crippen molar-refractivity contribution < 1.29 is 5.11 Å². The summed E-state index contributed by atoms with van der Waals surface area (Å²) < 4.78 is 0. The van der Waals surface area contributed by atoms with Crippen LogP contribution in [0.1, 0.15) is 103 Å². The molecule has 0 aliphatic carbocycles. The van der Waals surface area contributed by atoms with E-state index in [1.54, 1.807) is 12.4 Å². The second-order valence-corrected chi connectivity index (χ2v) is 7.27. The molecule has 0 saturated carbocycles. The summed E-state index contributed by atoms with van der Waals surface area (Å²) in [7, 11) is 0. The molecule has 0 saturated heterocycles. The molecule has 3 heteroatoms. The summed E-state index contributed by atoms with van der Waals surface area (Å²) >= 11 is 0. The maximum atomic E-state index is 9.88. The third-order valence-electron chi connectivity index (χ3n) is 4.79. The average molecular weight is 349 g/mol. The highest BCUT2D eigenvalue weighted by atomic mass is 16.3. The Labute approximate surface area is 155 Å². The largest absolute Gasteiger partial charge is 0.389 e. The topological polar surface area (TPSA) is 48.9 Å². The van der Waals surface area contributed by atoms with E-state index in [2.05, 4.69) is 23.0 Å². The number of aliphatic hydroxyl groups excluding tert-OH is 1. The number of imidazole rings is 1. The summed E-state index contributed by atoms with van der Waals surface area (Å²) in [6.07, 6.45) is 26.9. The Morgan fingerprint density at radius 1 is 0.920 bits per heavy atom. The zero-order valence-corrected chi connectivity index (χ0v) is 16.4. The van der Waals surface area contributed by atoms with Crippen molar-refractivity contribution in [3.8, 4) is 0 Å². The van der Waals surface area contributed by atoms with Gasteiger partial charge in [0.25, 0.3) is 0 Å². The quantitative estimate of drug-likeness (QED) is 0.254. The number of aromatic amines is 1. The number of aliphatic hydroxyl groups is 1. The van der Waals surface area contributed by atoms with E-state index in [0.717, 1.165) is 12.2 Å². The molecule has 1 aromatic heterocycles. The molecule has 0 spiro atoms. The van der Waals surface area contributed by atoms with Crippen LogP contribution in [0.5, 0.6) is 0 Å². The molecule has 0 aliphatic heterocycles. The predicted molar refractivity (Wildman–Crippen MR) is 108 cm³/mol. The first-order valence-electron chi connectivity index (χ1n) is 10.7. The lowest BCUT2D eigenvalue weighted by molar-refractivity contribution is 0.221. The summed E-state index contributed by atoms with van der Waals surface area (Å²) in [6, 6.07) is 0. The molecule has 25 heavy (non-hydrogen) atoms. The fraction of sp³-hybridized carbons (Fsp3) is 0.773. The second-order valence-electron chi connectivity index (χ2n) is 7.27. The van der Waals surface area contributed by atoms with Crippen molar-refractivity contribution in [1.82, 2.24) is 9.97 Å².